The van der Waals surface area contributed by atoms with Crippen molar-refractivity contribution in [3.8, 4) is 5.75 Å². The fraction of sp³-hybridized carbons (Fsp3) is 0.462. The molecule has 0 unspecified atom stereocenters. The van der Waals surface area contributed by atoms with Crippen molar-refractivity contribution in [1.82, 2.24) is 4.90 Å². The second-order valence-corrected chi connectivity index (χ2v) is 4.76. The van der Waals surface area contributed by atoms with E-state index in [1.54, 1.807) is 11.0 Å². The van der Waals surface area contributed by atoms with E-state index in [1.165, 1.54) is 18.2 Å². The summed E-state index contributed by atoms with van der Waals surface area (Å²) in [5.41, 5.74) is 5.72. The molecule has 0 spiro atoms. The number of nitrogens with zero attached hydrogens (tertiary/aromatic N) is 2. The molecular weight excluding hydrogens is 298 g/mol. The number of nitrogens with two attached hydrogens (primary N) is 1. The van der Waals surface area contributed by atoms with Crippen LogP contribution in [0, 0.1) is 10.1 Å². The van der Waals surface area contributed by atoms with Gasteiger partial charge in [-0.15, -0.1) is 12.4 Å². The van der Waals surface area contributed by atoms with Gasteiger partial charge < -0.3 is 15.4 Å². The van der Waals surface area contributed by atoms with Gasteiger partial charge in [0.25, 0.3) is 11.6 Å². The molecule has 1 aliphatic heterocycles. The lowest BCUT2D eigenvalue weighted by atomic mass is 10.1. The molecule has 0 aromatic heterocycles. The number of nitro groups is 1. The first kappa shape index (κ1) is 17.2. The number of ether oxygens (including phenoxy) is 1. The molecule has 1 aromatic rings. The van der Waals surface area contributed by atoms with Crippen molar-refractivity contribution in [2.45, 2.75) is 18.9 Å². The summed E-state index contributed by atoms with van der Waals surface area (Å²) in [6.07, 6.45) is 1.59. The van der Waals surface area contributed by atoms with Crippen molar-refractivity contribution in [3.05, 3.63) is 34.4 Å². The van der Waals surface area contributed by atoms with Gasteiger partial charge in [-0.2, -0.15) is 0 Å². The zero-order chi connectivity index (χ0) is 14.5. The molecule has 0 atom stereocenters. The van der Waals surface area contributed by atoms with Gasteiger partial charge in [0, 0.05) is 25.2 Å². The molecule has 7 nitrogen and oxygen atoms in total. The lowest BCUT2D eigenvalue weighted by Gasteiger charge is -2.30. The summed E-state index contributed by atoms with van der Waals surface area (Å²) in [4.78, 5) is 23.8. The van der Waals surface area contributed by atoms with Crippen LogP contribution in [0.25, 0.3) is 0 Å². The molecule has 1 aromatic carbocycles. The number of hydrogen-bond acceptors (Lipinski definition) is 5. The van der Waals surface area contributed by atoms with E-state index in [0.29, 0.717) is 18.8 Å². The highest BCUT2D eigenvalue weighted by Gasteiger charge is 2.20. The van der Waals surface area contributed by atoms with Crippen LogP contribution in [-0.4, -0.2) is 41.5 Å². The summed E-state index contributed by atoms with van der Waals surface area (Å²) in [5.74, 6) is 0.199. The van der Waals surface area contributed by atoms with Crippen LogP contribution < -0.4 is 10.5 Å². The maximum Gasteiger partial charge on any atom is 0.273 e. The van der Waals surface area contributed by atoms with Gasteiger partial charge in [-0.05, 0) is 18.9 Å². The Kier molecular flexibility index (Phi) is 6.39. The maximum atomic E-state index is 11.9. The van der Waals surface area contributed by atoms with Crippen LogP contribution in [0.2, 0.25) is 0 Å². The molecular formula is C13H18ClN3O4. The molecule has 1 saturated heterocycles. The molecule has 1 aliphatic rings. The Morgan fingerprint density at radius 1 is 1.43 bits per heavy atom. The topological polar surface area (TPSA) is 98.7 Å². The number of piperidine rings is 1. The highest BCUT2D eigenvalue weighted by molar-refractivity contribution is 5.85. The van der Waals surface area contributed by atoms with Crippen LogP contribution in [0.15, 0.2) is 24.3 Å². The second-order valence-electron chi connectivity index (χ2n) is 4.76. The van der Waals surface area contributed by atoms with Crippen LogP contribution >= 0.6 is 12.4 Å². The fourth-order valence-electron chi connectivity index (χ4n) is 2.07. The van der Waals surface area contributed by atoms with Crippen LogP contribution in [0.5, 0.6) is 5.75 Å². The molecule has 8 heteroatoms. The number of rotatable bonds is 4. The van der Waals surface area contributed by atoms with Crippen LogP contribution in [0.3, 0.4) is 0 Å². The first-order valence-corrected chi connectivity index (χ1v) is 6.47. The van der Waals surface area contributed by atoms with Crippen LogP contribution in [0.1, 0.15) is 12.8 Å². The monoisotopic (exact) mass is 315 g/mol. The van der Waals surface area contributed by atoms with Gasteiger partial charge in [0.05, 0.1) is 11.0 Å². The molecule has 0 saturated carbocycles. The van der Waals surface area contributed by atoms with E-state index in [9.17, 15) is 14.9 Å². The Hall–Kier alpha value is -1.86. The van der Waals surface area contributed by atoms with E-state index >= 15 is 0 Å². The Balaban J connectivity index is 0.00000220. The third-order valence-electron chi connectivity index (χ3n) is 3.28. The van der Waals surface area contributed by atoms with Gasteiger partial charge in [0.2, 0.25) is 0 Å². The number of likely N-dealkylation sites (tertiary alicyclic amines) is 1. The van der Waals surface area contributed by atoms with E-state index in [-0.39, 0.29) is 36.7 Å². The second kappa shape index (κ2) is 7.80. The average Bonchev–Trinajstić information content (AvgIpc) is 2.46. The summed E-state index contributed by atoms with van der Waals surface area (Å²) in [6.45, 7) is 1.16. The number of amides is 1. The number of carbonyl (C=O) groups is 1. The average molecular weight is 316 g/mol. The smallest absolute Gasteiger partial charge is 0.273 e. The third kappa shape index (κ3) is 4.87. The van der Waals surface area contributed by atoms with Crippen molar-refractivity contribution in [2.75, 3.05) is 19.7 Å². The van der Waals surface area contributed by atoms with E-state index in [1.807, 2.05) is 0 Å². The number of benzene rings is 1. The molecule has 0 bridgehead atoms. The summed E-state index contributed by atoms with van der Waals surface area (Å²) in [6, 6.07) is 5.96. The van der Waals surface area contributed by atoms with E-state index in [4.69, 9.17) is 10.5 Å². The lowest BCUT2D eigenvalue weighted by molar-refractivity contribution is -0.384. The first-order chi connectivity index (χ1) is 9.56. The van der Waals surface area contributed by atoms with Gasteiger partial charge >= 0.3 is 0 Å². The van der Waals surface area contributed by atoms with Gasteiger partial charge in [0.15, 0.2) is 6.61 Å². The van der Waals surface area contributed by atoms with Gasteiger partial charge in [-0.25, -0.2) is 0 Å². The molecule has 1 heterocycles. The predicted molar refractivity (Wildman–Crippen MR) is 79.6 cm³/mol. The highest BCUT2D eigenvalue weighted by Crippen LogP contribution is 2.19. The van der Waals surface area contributed by atoms with Crippen molar-refractivity contribution in [3.63, 3.8) is 0 Å². The molecule has 0 aliphatic carbocycles. The Bertz CT molecular complexity index is 504. The molecule has 21 heavy (non-hydrogen) atoms. The van der Waals surface area contributed by atoms with Gasteiger partial charge in [0.1, 0.15) is 5.75 Å². The Labute approximate surface area is 128 Å². The molecule has 116 valence electrons. The Morgan fingerprint density at radius 3 is 2.71 bits per heavy atom. The largest absolute Gasteiger partial charge is 0.484 e. The molecule has 1 fully saturated rings. The lowest BCUT2D eigenvalue weighted by Crippen LogP contribution is -2.44. The fourth-order valence-corrected chi connectivity index (χ4v) is 2.07. The van der Waals surface area contributed by atoms with Gasteiger partial charge in [-0.1, -0.05) is 6.07 Å². The zero-order valence-corrected chi connectivity index (χ0v) is 12.3. The minimum Gasteiger partial charge on any atom is -0.484 e. The van der Waals surface area contributed by atoms with Crippen molar-refractivity contribution < 1.29 is 14.5 Å². The van der Waals surface area contributed by atoms with Gasteiger partial charge in [-0.3, -0.25) is 14.9 Å². The summed E-state index contributed by atoms with van der Waals surface area (Å²) in [5, 5.41) is 10.6. The van der Waals surface area contributed by atoms with E-state index in [0.717, 1.165) is 12.8 Å². The minimum absolute atomic E-state index is 0. The zero-order valence-electron chi connectivity index (χ0n) is 11.4. The normalized spacial score (nSPS) is 15.2. The number of nitro benzene ring substituents is 1. The number of halogens is 1. The molecule has 0 radical (unpaired) electrons. The maximum absolute atomic E-state index is 11.9. The predicted octanol–water partition coefficient (Wildman–Crippen LogP) is 1.35. The summed E-state index contributed by atoms with van der Waals surface area (Å²) >= 11 is 0. The quantitative estimate of drug-likeness (QED) is 0.668. The SMILES string of the molecule is Cl.NC1CCN(C(=O)COc2cccc([N+](=O)[O-])c2)CC1. The van der Waals surface area contributed by atoms with Crippen LogP contribution in [0.4, 0.5) is 5.69 Å². The van der Waals surface area contributed by atoms with E-state index < -0.39 is 4.92 Å². The highest BCUT2D eigenvalue weighted by atomic mass is 35.5. The standard InChI is InChI=1S/C13H17N3O4.ClH/c14-10-4-6-15(7-5-10)13(17)9-20-12-3-1-2-11(8-12)16(18)19;/h1-3,8,10H,4-7,9,14H2;1H. The summed E-state index contributed by atoms with van der Waals surface area (Å²) in [7, 11) is 0. The van der Waals surface area contributed by atoms with E-state index in [2.05, 4.69) is 0 Å². The number of non-ortho nitro benzene ring substituents is 1. The molecule has 2 N–H and O–H groups in total. The summed E-state index contributed by atoms with van der Waals surface area (Å²) < 4.78 is 5.31. The van der Waals surface area contributed by atoms with Crippen molar-refractivity contribution in [1.29, 1.82) is 0 Å². The van der Waals surface area contributed by atoms with Crippen molar-refractivity contribution >= 4 is 24.0 Å². The molecule has 1 amide bonds. The number of carbonyl (C=O) groups excluding carboxylic acids is 1. The minimum atomic E-state index is -0.499. The van der Waals surface area contributed by atoms with Crippen molar-refractivity contribution in [2.24, 2.45) is 5.73 Å². The first-order valence-electron chi connectivity index (χ1n) is 6.47. The van der Waals surface area contributed by atoms with Crippen LogP contribution in [-0.2, 0) is 4.79 Å². The molecule has 2 rings (SSSR count). The number of hydrogen-bond donors (Lipinski definition) is 1. The third-order valence-corrected chi connectivity index (χ3v) is 3.28. The Morgan fingerprint density at radius 2 is 2.10 bits per heavy atom.